The average molecular weight is 317 g/mol. The van der Waals surface area contributed by atoms with E-state index in [2.05, 4.69) is 14.9 Å². The molecule has 0 aliphatic carbocycles. The van der Waals surface area contributed by atoms with Gasteiger partial charge in [0.25, 0.3) is 5.91 Å². The Morgan fingerprint density at radius 3 is 2.61 bits per heavy atom. The van der Waals surface area contributed by atoms with Crippen molar-refractivity contribution in [2.24, 2.45) is 11.1 Å². The molecule has 0 aromatic carbocycles. The lowest BCUT2D eigenvalue weighted by atomic mass is 9.66. The van der Waals surface area contributed by atoms with Gasteiger partial charge >= 0.3 is 0 Å². The molecule has 2 N–H and O–H groups in total. The molecular formula is C16H23N5O2. The van der Waals surface area contributed by atoms with Crippen molar-refractivity contribution in [1.29, 1.82) is 0 Å². The van der Waals surface area contributed by atoms with Gasteiger partial charge in [0, 0.05) is 19.3 Å². The van der Waals surface area contributed by atoms with E-state index in [-0.39, 0.29) is 23.3 Å². The van der Waals surface area contributed by atoms with Gasteiger partial charge in [0.2, 0.25) is 5.91 Å². The molecule has 1 spiro atoms. The van der Waals surface area contributed by atoms with Gasteiger partial charge in [0.1, 0.15) is 12.0 Å². The number of likely N-dealkylation sites (tertiary alicyclic amines) is 2. The third-order valence-corrected chi connectivity index (χ3v) is 5.32. The van der Waals surface area contributed by atoms with Crippen molar-refractivity contribution in [3.05, 3.63) is 24.3 Å². The first-order chi connectivity index (χ1) is 11.0. The lowest BCUT2D eigenvalue weighted by Crippen LogP contribution is -2.60. The molecule has 23 heavy (non-hydrogen) atoms. The maximum absolute atomic E-state index is 12.5. The van der Waals surface area contributed by atoms with Crippen molar-refractivity contribution in [3.8, 4) is 0 Å². The molecular weight excluding hydrogens is 294 g/mol. The van der Waals surface area contributed by atoms with Crippen LogP contribution in [0.2, 0.25) is 0 Å². The summed E-state index contributed by atoms with van der Waals surface area (Å²) < 4.78 is 0. The van der Waals surface area contributed by atoms with E-state index >= 15 is 0 Å². The van der Waals surface area contributed by atoms with E-state index < -0.39 is 0 Å². The number of rotatable bonds is 2. The SMILES string of the molecule is CN1CCCC2(CCN(C(=O)c3ccncn3)CC2)C1C(N)=O. The van der Waals surface area contributed by atoms with Crippen LogP contribution in [-0.2, 0) is 4.79 Å². The highest BCUT2D eigenvalue weighted by molar-refractivity contribution is 5.92. The number of amides is 2. The third-order valence-electron chi connectivity index (χ3n) is 5.32. The predicted molar refractivity (Wildman–Crippen MR) is 84.4 cm³/mol. The summed E-state index contributed by atoms with van der Waals surface area (Å²) in [4.78, 5) is 36.2. The number of carbonyl (C=O) groups is 2. The van der Waals surface area contributed by atoms with Gasteiger partial charge in [-0.25, -0.2) is 9.97 Å². The van der Waals surface area contributed by atoms with Crippen LogP contribution >= 0.6 is 0 Å². The van der Waals surface area contributed by atoms with E-state index in [1.807, 2.05) is 11.9 Å². The van der Waals surface area contributed by atoms with Crippen LogP contribution in [0, 0.1) is 5.41 Å². The lowest BCUT2D eigenvalue weighted by molar-refractivity contribution is -0.132. The van der Waals surface area contributed by atoms with Gasteiger partial charge in [-0.1, -0.05) is 0 Å². The molecule has 3 heterocycles. The Bertz CT molecular complexity index is 583. The third kappa shape index (κ3) is 2.93. The average Bonchev–Trinajstić information content (AvgIpc) is 2.55. The van der Waals surface area contributed by atoms with Gasteiger partial charge in [-0.2, -0.15) is 0 Å². The molecule has 1 atom stereocenters. The van der Waals surface area contributed by atoms with Crippen LogP contribution < -0.4 is 5.73 Å². The molecule has 2 saturated heterocycles. The number of likely N-dealkylation sites (N-methyl/N-ethyl adjacent to an activating group) is 1. The summed E-state index contributed by atoms with van der Waals surface area (Å²) >= 11 is 0. The summed E-state index contributed by atoms with van der Waals surface area (Å²) in [5.74, 6) is -0.315. The number of hydrogen-bond donors (Lipinski definition) is 1. The molecule has 1 aromatic heterocycles. The van der Waals surface area contributed by atoms with Crippen LogP contribution in [0.1, 0.15) is 36.2 Å². The Morgan fingerprint density at radius 2 is 2.00 bits per heavy atom. The smallest absolute Gasteiger partial charge is 0.272 e. The monoisotopic (exact) mass is 317 g/mol. The fourth-order valence-electron chi connectivity index (χ4n) is 4.19. The van der Waals surface area contributed by atoms with Crippen molar-refractivity contribution in [3.63, 3.8) is 0 Å². The highest BCUT2D eigenvalue weighted by Crippen LogP contribution is 2.44. The normalized spacial score (nSPS) is 24.6. The summed E-state index contributed by atoms with van der Waals surface area (Å²) in [5.41, 5.74) is 5.99. The quantitative estimate of drug-likeness (QED) is 0.846. The Labute approximate surface area is 135 Å². The van der Waals surface area contributed by atoms with Crippen LogP contribution in [0.15, 0.2) is 18.6 Å². The van der Waals surface area contributed by atoms with E-state index in [0.29, 0.717) is 18.8 Å². The molecule has 7 heteroatoms. The maximum Gasteiger partial charge on any atom is 0.272 e. The summed E-state index contributed by atoms with van der Waals surface area (Å²) in [6.07, 6.45) is 6.65. The van der Waals surface area contributed by atoms with Crippen LogP contribution in [0.5, 0.6) is 0 Å². The predicted octanol–water partition coefficient (Wildman–Crippen LogP) is 0.279. The topological polar surface area (TPSA) is 92.4 Å². The van der Waals surface area contributed by atoms with Crippen LogP contribution in [0.25, 0.3) is 0 Å². The Balaban J connectivity index is 1.72. The van der Waals surface area contributed by atoms with Gasteiger partial charge in [-0.3, -0.25) is 14.5 Å². The second-order valence-corrected chi connectivity index (χ2v) is 6.64. The molecule has 1 aromatic rings. The number of aromatic nitrogens is 2. The number of hydrogen-bond acceptors (Lipinski definition) is 5. The minimum atomic E-state index is -0.247. The van der Waals surface area contributed by atoms with Gasteiger partial charge in [-0.15, -0.1) is 0 Å². The summed E-state index contributed by atoms with van der Waals surface area (Å²) in [6, 6.07) is 1.40. The largest absolute Gasteiger partial charge is 0.368 e. The molecule has 0 saturated carbocycles. The van der Waals surface area contributed by atoms with Gasteiger partial charge < -0.3 is 10.6 Å². The van der Waals surface area contributed by atoms with E-state index in [4.69, 9.17) is 5.73 Å². The van der Waals surface area contributed by atoms with Crippen molar-refractivity contribution in [2.45, 2.75) is 31.7 Å². The summed E-state index contributed by atoms with van der Waals surface area (Å²) in [6.45, 7) is 2.18. The van der Waals surface area contributed by atoms with Gasteiger partial charge in [0.15, 0.2) is 0 Å². The van der Waals surface area contributed by atoms with Crippen molar-refractivity contribution < 1.29 is 9.59 Å². The number of piperidine rings is 2. The van der Waals surface area contributed by atoms with Crippen molar-refractivity contribution in [2.75, 3.05) is 26.7 Å². The van der Waals surface area contributed by atoms with Gasteiger partial charge in [-0.05, 0) is 50.8 Å². The van der Waals surface area contributed by atoms with Crippen molar-refractivity contribution >= 4 is 11.8 Å². The second-order valence-electron chi connectivity index (χ2n) is 6.64. The van der Waals surface area contributed by atoms with E-state index in [0.717, 1.165) is 32.2 Å². The first kappa shape index (κ1) is 15.9. The molecule has 0 bridgehead atoms. The van der Waals surface area contributed by atoms with Crippen LogP contribution in [0.4, 0.5) is 0 Å². The summed E-state index contributed by atoms with van der Waals surface area (Å²) in [7, 11) is 1.97. The molecule has 0 radical (unpaired) electrons. The van der Waals surface area contributed by atoms with E-state index in [9.17, 15) is 9.59 Å². The summed E-state index contributed by atoms with van der Waals surface area (Å²) in [5, 5.41) is 0. The minimum Gasteiger partial charge on any atom is -0.368 e. The molecule has 2 amide bonds. The van der Waals surface area contributed by atoms with E-state index in [1.165, 1.54) is 6.33 Å². The Hall–Kier alpha value is -2.02. The maximum atomic E-state index is 12.5. The Kier molecular flexibility index (Phi) is 4.30. The lowest BCUT2D eigenvalue weighted by Gasteiger charge is -2.51. The zero-order valence-corrected chi connectivity index (χ0v) is 13.4. The number of primary amides is 1. The highest BCUT2D eigenvalue weighted by atomic mass is 16.2. The molecule has 3 rings (SSSR count). The second kappa shape index (κ2) is 6.23. The first-order valence-electron chi connectivity index (χ1n) is 8.08. The van der Waals surface area contributed by atoms with Crippen LogP contribution in [0.3, 0.4) is 0 Å². The zero-order valence-electron chi connectivity index (χ0n) is 13.4. The molecule has 2 aliphatic heterocycles. The van der Waals surface area contributed by atoms with Crippen LogP contribution in [-0.4, -0.2) is 64.3 Å². The molecule has 2 fully saturated rings. The van der Waals surface area contributed by atoms with Crippen molar-refractivity contribution in [1.82, 2.24) is 19.8 Å². The fourth-order valence-corrected chi connectivity index (χ4v) is 4.19. The first-order valence-corrected chi connectivity index (χ1v) is 8.08. The number of nitrogens with two attached hydrogens (primary N) is 1. The molecule has 7 nitrogen and oxygen atoms in total. The fraction of sp³-hybridized carbons (Fsp3) is 0.625. The number of nitrogens with zero attached hydrogens (tertiary/aromatic N) is 4. The minimum absolute atomic E-state index is 0.0676. The molecule has 124 valence electrons. The van der Waals surface area contributed by atoms with E-state index in [1.54, 1.807) is 12.3 Å². The Morgan fingerprint density at radius 1 is 1.26 bits per heavy atom. The number of carbonyl (C=O) groups excluding carboxylic acids is 2. The standard InChI is InChI=1S/C16H23N5O2/c1-20-8-2-4-16(13(20)14(17)22)5-9-21(10-6-16)15(23)12-3-7-18-11-19-12/h3,7,11,13H,2,4-6,8-10H2,1H3,(H2,17,22). The molecule has 2 aliphatic rings. The highest BCUT2D eigenvalue weighted by Gasteiger charge is 2.48. The molecule has 1 unspecified atom stereocenters. The van der Waals surface area contributed by atoms with Gasteiger partial charge in [0.05, 0.1) is 6.04 Å². The zero-order chi connectivity index (χ0) is 16.4.